The van der Waals surface area contributed by atoms with Gasteiger partial charge < -0.3 is 10.1 Å². The number of benzene rings is 1. The molecule has 1 aromatic carbocycles. The van der Waals surface area contributed by atoms with Gasteiger partial charge in [0.25, 0.3) is 0 Å². The van der Waals surface area contributed by atoms with Crippen LogP contribution in [0.2, 0.25) is 5.02 Å². The van der Waals surface area contributed by atoms with Crippen molar-refractivity contribution in [3.8, 4) is 5.75 Å². The van der Waals surface area contributed by atoms with Gasteiger partial charge in [-0.15, -0.1) is 0 Å². The van der Waals surface area contributed by atoms with E-state index in [1.165, 1.54) is 5.56 Å². The van der Waals surface area contributed by atoms with E-state index in [1.807, 2.05) is 43.5 Å². The van der Waals surface area contributed by atoms with E-state index in [4.69, 9.17) is 16.3 Å². The van der Waals surface area contributed by atoms with Crippen LogP contribution in [0.5, 0.6) is 5.75 Å². The molecule has 0 atom stereocenters. The SMILES string of the molecule is Cc1ccc(Cl)cc1OCCNCc1cccnc1. The van der Waals surface area contributed by atoms with Crippen LogP contribution in [-0.4, -0.2) is 18.1 Å². The lowest BCUT2D eigenvalue weighted by Gasteiger charge is -2.10. The topological polar surface area (TPSA) is 34.1 Å². The molecule has 19 heavy (non-hydrogen) atoms. The average Bonchev–Trinajstić information content (AvgIpc) is 2.43. The van der Waals surface area contributed by atoms with E-state index >= 15 is 0 Å². The van der Waals surface area contributed by atoms with Gasteiger partial charge in [0.1, 0.15) is 12.4 Å². The maximum absolute atomic E-state index is 5.93. The first-order valence-corrected chi connectivity index (χ1v) is 6.62. The highest BCUT2D eigenvalue weighted by Crippen LogP contribution is 2.22. The van der Waals surface area contributed by atoms with E-state index in [0.717, 1.165) is 24.4 Å². The highest BCUT2D eigenvalue weighted by Gasteiger charge is 2.00. The van der Waals surface area contributed by atoms with Crippen molar-refractivity contribution in [2.75, 3.05) is 13.2 Å². The van der Waals surface area contributed by atoms with Crippen LogP contribution in [0.1, 0.15) is 11.1 Å². The second-order valence-corrected chi connectivity index (χ2v) is 4.73. The summed E-state index contributed by atoms with van der Waals surface area (Å²) >= 11 is 5.93. The molecule has 1 N–H and O–H groups in total. The first kappa shape index (κ1) is 13.8. The Morgan fingerprint density at radius 2 is 2.21 bits per heavy atom. The number of pyridine rings is 1. The number of ether oxygens (including phenoxy) is 1. The fourth-order valence-corrected chi connectivity index (χ4v) is 1.86. The quantitative estimate of drug-likeness (QED) is 0.823. The van der Waals surface area contributed by atoms with E-state index in [1.54, 1.807) is 6.20 Å². The van der Waals surface area contributed by atoms with Gasteiger partial charge in [-0.2, -0.15) is 0 Å². The van der Waals surface area contributed by atoms with Crippen LogP contribution in [0, 0.1) is 6.92 Å². The van der Waals surface area contributed by atoms with Crippen molar-refractivity contribution < 1.29 is 4.74 Å². The molecule has 4 heteroatoms. The van der Waals surface area contributed by atoms with Crippen LogP contribution in [-0.2, 0) is 6.54 Å². The molecule has 2 rings (SSSR count). The minimum absolute atomic E-state index is 0.613. The van der Waals surface area contributed by atoms with Crippen molar-refractivity contribution in [1.82, 2.24) is 10.3 Å². The Hall–Kier alpha value is -1.58. The van der Waals surface area contributed by atoms with Crippen LogP contribution in [0.3, 0.4) is 0 Å². The molecule has 0 saturated carbocycles. The van der Waals surface area contributed by atoms with Crippen molar-refractivity contribution >= 4 is 11.6 Å². The normalized spacial score (nSPS) is 10.4. The Bertz CT molecular complexity index is 517. The highest BCUT2D eigenvalue weighted by molar-refractivity contribution is 6.30. The van der Waals surface area contributed by atoms with Gasteiger partial charge in [-0.1, -0.05) is 23.7 Å². The van der Waals surface area contributed by atoms with Gasteiger partial charge in [-0.25, -0.2) is 0 Å². The number of hydrogen-bond acceptors (Lipinski definition) is 3. The Morgan fingerprint density at radius 3 is 3.00 bits per heavy atom. The molecule has 2 aromatic rings. The molecule has 0 unspecified atom stereocenters. The van der Waals surface area contributed by atoms with E-state index in [2.05, 4.69) is 10.3 Å². The van der Waals surface area contributed by atoms with Gasteiger partial charge in [-0.05, 0) is 36.2 Å². The summed E-state index contributed by atoms with van der Waals surface area (Å²) in [5.41, 5.74) is 2.26. The molecular formula is C15H17ClN2O. The molecule has 0 bridgehead atoms. The largest absolute Gasteiger partial charge is 0.492 e. The molecular weight excluding hydrogens is 260 g/mol. The number of nitrogens with zero attached hydrogens (tertiary/aromatic N) is 1. The van der Waals surface area contributed by atoms with E-state index in [9.17, 15) is 0 Å². The van der Waals surface area contributed by atoms with Crippen LogP contribution >= 0.6 is 11.6 Å². The summed E-state index contributed by atoms with van der Waals surface area (Å²) in [6, 6.07) is 9.65. The number of aryl methyl sites for hydroxylation is 1. The summed E-state index contributed by atoms with van der Waals surface area (Å²) < 4.78 is 5.69. The lowest BCUT2D eigenvalue weighted by molar-refractivity contribution is 0.311. The van der Waals surface area contributed by atoms with E-state index in [-0.39, 0.29) is 0 Å². The average molecular weight is 277 g/mol. The number of nitrogens with one attached hydrogen (secondary N) is 1. The molecule has 1 aromatic heterocycles. The molecule has 0 amide bonds. The number of rotatable bonds is 6. The van der Waals surface area contributed by atoms with Gasteiger partial charge in [-0.3, -0.25) is 4.98 Å². The third-order valence-electron chi connectivity index (χ3n) is 2.74. The minimum Gasteiger partial charge on any atom is -0.492 e. The van der Waals surface area contributed by atoms with Crippen molar-refractivity contribution in [3.63, 3.8) is 0 Å². The van der Waals surface area contributed by atoms with Gasteiger partial charge in [0.15, 0.2) is 0 Å². The molecule has 0 aliphatic rings. The first-order chi connectivity index (χ1) is 9.25. The Morgan fingerprint density at radius 1 is 1.32 bits per heavy atom. The van der Waals surface area contributed by atoms with Crippen LogP contribution < -0.4 is 10.1 Å². The van der Waals surface area contributed by atoms with Crippen molar-refractivity contribution in [3.05, 3.63) is 58.9 Å². The third-order valence-corrected chi connectivity index (χ3v) is 2.97. The molecule has 0 spiro atoms. The molecule has 0 radical (unpaired) electrons. The van der Waals surface area contributed by atoms with Crippen molar-refractivity contribution in [2.24, 2.45) is 0 Å². The zero-order chi connectivity index (χ0) is 13.5. The minimum atomic E-state index is 0.613. The van der Waals surface area contributed by atoms with Crippen LogP contribution in [0.25, 0.3) is 0 Å². The smallest absolute Gasteiger partial charge is 0.123 e. The molecule has 3 nitrogen and oxygen atoms in total. The summed E-state index contributed by atoms with van der Waals surface area (Å²) in [6.45, 7) is 4.20. The molecule has 0 fully saturated rings. The number of halogens is 1. The Balaban J connectivity index is 1.71. The predicted octanol–water partition coefficient (Wildman–Crippen LogP) is 3.21. The van der Waals surface area contributed by atoms with Gasteiger partial charge in [0.05, 0.1) is 0 Å². The summed E-state index contributed by atoms with van der Waals surface area (Å²) in [7, 11) is 0. The van der Waals surface area contributed by atoms with E-state index < -0.39 is 0 Å². The summed E-state index contributed by atoms with van der Waals surface area (Å²) in [6.07, 6.45) is 3.63. The first-order valence-electron chi connectivity index (χ1n) is 6.24. The fourth-order valence-electron chi connectivity index (χ4n) is 1.70. The maximum Gasteiger partial charge on any atom is 0.123 e. The van der Waals surface area contributed by atoms with Gasteiger partial charge in [0, 0.05) is 30.5 Å². The number of hydrogen-bond donors (Lipinski definition) is 1. The predicted molar refractivity (Wildman–Crippen MR) is 77.6 cm³/mol. The molecule has 0 saturated heterocycles. The Kier molecular flexibility index (Phi) is 5.19. The monoisotopic (exact) mass is 276 g/mol. The third kappa shape index (κ3) is 4.54. The zero-order valence-corrected chi connectivity index (χ0v) is 11.7. The summed E-state index contributed by atoms with van der Waals surface area (Å²) in [4.78, 5) is 4.07. The lowest BCUT2D eigenvalue weighted by atomic mass is 10.2. The van der Waals surface area contributed by atoms with Crippen molar-refractivity contribution in [2.45, 2.75) is 13.5 Å². The van der Waals surface area contributed by atoms with Gasteiger partial charge in [0.2, 0.25) is 0 Å². The molecule has 100 valence electrons. The van der Waals surface area contributed by atoms with Crippen LogP contribution in [0.4, 0.5) is 0 Å². The molecule has 0 aliphatic heterocycles. The van der Waals surface area contributed by atoms with Crippen molar-refractivity contribution in [1.29, 1.82) is 0 Å². The van der Waals surface area contributed by atoms with E-state index in [0.29, 0.717) is 11.6 Å². The maximum atomic E-state index is 5.93. The second-order valence-electron chi connectivity index (χ2n) is 4.30. The second kappa shape index (κ2) is 7.12. The molecule has 1 heterocycles. The lowest BCUT2D eigenvalue weighted by Crippen LogP contribution is -2.20. The summed E-state index contributed by atoms with van der Waals surface area (Å²) in [5, 5.41) is 4.01. The highest BCUT2D eigenvalue weighted by atomic mass is 35.5. The van der Waals surface area contributed by atoms with Gasteiger partial charge >= 0.3 is 0 Å². The standard InChI is InChI=1S/C15H17ClN2O/c1-12-4-5-14(16)9-15(12)19-8-7-18-11-13-3-2-6-17-10-13/h2-6,9-10,18H,7-8,11H2,1H3. The zero-order valence-electron chi connectivity index (χ0n) is 10.9. The summed E-state index contributed by atoms with van der Waals surface area (Å²) in [5.74, 6) is 0.843. The Labute approximate surface area is 118 Å². The van der Waals surface area contributed by atoms with Crippen LogP contribution in [0.15, 0.2) is 42.7 Å². The number of aromatic nitrogens is 1. The fraction of sp³-hybridized carbons (Fsp3) is 0.267. The molecule has 0 aliphatic carbocycles.